The molecule has 29 heavy (non-hydrogen) atoms. The fraction of sp³-hybridized carbons (Fsp3) is 0.348. The molecule has 0 aromatic heterocycles. The van der Waals surface area contributed by atoms with Gasteiger partial charge in [0.25, 0.3) is 0 Å². The lowest BCUT2D eigenvalue weighted by molar-refractivity contribution is 0.0448. The molecule has 0 radical (unpaired) electrons. The first-order chi connectivity index (χ1) is 13.6. The van der Waals surface area contributed by atoms with Crippen molar-refractivity contribution in [3.63, 3.8) is 0 Å². The maximum absolute atomic E-state index is 12.8. The Morgan fingerprint density at radius 1 is 1.17 bits per heavy atom. The van der Waals surface area contributed by atoms with E-state index < -0.39 is 12.1 Å². The van der Waals surface area contributed by atoms with E-state index in [4.69, 9.17) is 32.7 Å². The summed E-state index contributed by atoms with van der Waals surface area (Å²) in [5.74, 6) is -0.373. The molecule has 4 nitrogen and oxygen atoms in total. The van der Waals surface area contributed by atoms with Gasteiger partial charge in [0, 0.05) is 5.56 Å². The SMILES string of the molecule is COc1c(Cl)c(C)c(Cl)c(O)c1C1OC(=O)c2c(C)cc(C)c(CC=C(C)C)c21. The molecule has 1 aliphatic heterocycles. The lowest BCUT2D eigenvalue weighted by atomic mass is 9.86. The van der Waals surface area contributed by atoms with Gasteiger partial charge in [0.2, 0.25) is 0 Å². The number of benzene rings is 2. The van der Waals surface area contributed by atoms with Crippen LogP contribution >= 0.6 is 23.2 Å². The van der Waals surface area contributed by atoms with Crippen molar-refractivity contribution in [1.29, 1.82) is 0 Å². The first-order valence-electron chi connectivity index (χ1n) is 9.31. The highest BCUT2D eigenvalue weighted by Gasteiger charge is 2.40. The number of hydrogen-bond acceptors (Lipinski definition) is 4. The number of fused-ring (bicyclic) bond motifs is 1. The lowest BCUT2D eigenvalue weighted by Gasteiger charge is -2.22. The van der Waals surface area contributed by atoms with Crippen LogP contribution in [0.4, 0.5) is 0 Å². The van der Waals surface area contributed by atoms with Crippen LogP contribution in [-0.2, 0) is 11.2 Å². The number of ether oxygens (including phenoxy) is 2. The minimum atomic E-state index is -0.859. The number of carbonyl (C=O) groups is 1. The first-order valence-corrected chi connectivity index (χ1v) is 10.1. The zero-order valence-electron chi connectivity index (χ0n) is 17.4. The number of carbonyl (C=O) groups excluding carboxylic acids is 1. The summed E-state index contributed by atoms with van der Waals surface area (Å²) >= 11 is 12.8. The van der Waals surface area contributed by atoms with Gasteiger partial charge in [0.05, 0.1) is 28.3 Å². The molecule has 0 fully saturated rings. The Hall–Kier alpha value is -2.17. The predicted octanol–water partition coefficient (Wildman–Crippen LogP) is 6.40. The second-order valence-electron chi connectivity index (χ2n) is 7.60. The Bertz CT molecular complexity index is 1050. The first kappa shape index (κ1) is 21.5. The number of esters is 1. The Morgan fingerprint density at radius 2 is 1.83 bits per heavy atom. The van der Waals surface area contributed by atoms with Crippen LogP contribution in [0.25, 0.3) is 0 Å². The van der Waals surface area contributed by atoms with Crippen molar-refractivity contribution < 1.29 is 19.4 Å². The molecule has 0 bridgehead atoms. The summed E-state index contributed by atoms with van der Waals surface area (Å²) in [4.78, 5) is 12.8. The summed E-state index contributed by atoms with van der Waals surface area (Å²) in [6, 6.07) is 1.99. The zero-order valence-corrected chi connectivity index (χ0v) is 18.9. The van der Waals surface area contributed by atoms with Crippen molar-refractivity contribution in [1.82, 2.24) is 0 Å². The van der Waals surface area contributed by atoms with E-state index in [0.29, 0.717) is 17.5 Å². The standard InChI is InChI=1S/C23H24Cl2O4/c1-10(2)7-8-14-11(3)9-12(4)15-16(14)21(29-23(15)27)17-20(26)18(24)13(5)19(25)22(17)28-6/h7,9,21,26H,8H2,1-6H3. The van der Waals surface area contributed by atoms with E-state index in [1.165, 1.54) is 12.7 Å². The maximum Gasteiger partial charge on any atom is 0.339 e. The molecule has 1 unspecified atom stereocenters. The Morgan fingerprint density at radius 3 is 2.41 bits per heavy atom. The van der Waals surface area contributed by atoms with Crippen LogP contribution in [0.1, 0.15) is 63.7 Å². The molecule has 1 heterocycles. The Kier molecular flexibility index (Phi) is 5.88. The summed E-state index contributed by atoms with van der Waals surface area (Å²) in [6.07, 6.45) is 1.88. The van der Waals surface area contributed by atoms with Crippen molar-refractivity contribution in [2.75, 3.05) is 7.11 Å². The molecule has 1 aliphatic rings. The fourth-order valence-corrected chi connectivity index (χ4v) is 4.37. The van der Waals surface area contributed by atoms with Crippen molar-refractivity contribution >= 4 is 29.2 Å². The van der Waals surface area contributed by atoms with Crippen molar-refractivity contribution in [2.24, 2.45) is 0 Å². The van der Waals surface area contributed by atoms with Gasteiger partial charge in [-0.05, 0) is 63.3 Å². The summed E-state index contributed by atoms with van der Waals surface area (Å²) in [7, 11) is 1.46. The van der Waals surface area contributed by atoms with Crippen LogP contribution in [0.2, 0.25) is 10.0 Å². The van der Waals surface area contributed by atoms with E-state index in [1.807, 2.05) is 33.8 Å². The van der Waals surface area contributed by atoms with Crippen LogP contribution in [-0.4, -0.2) is 18.2 Å². The number of hydrogen-bond donors (Lipinski definition) is 1. The van der Waals surface area contributed by atoms with Gasteiger partial charge in [0.15, 0.2) is 6.10 Å². The van der Waals surface area contributed by atoms with Crippen molar-refractivity contribution in [3.05, 3.63) is 66.7 Å². The van der Waals surface area contributed by atoms with Crippen molar-refractivity contribution in [2.45, 2.75) is 47.1 Å². The number of aromatic hydroxyl groups is 1. The van der Waals surface area contributed by atoms with E-state index in [1.54, 1.807) is 6.92 Å². The van der Waals surface area contributed by atoms with Gasteiger partial charge >= 0.3 is 5.97 Å². The number of cyclic esters (lactones) is 1. The molecule has 2 aromatic rings. The van der Waals surface area contributed by atoms with Gasteiger partial charge in [-0.3, -0.25) is 0 Å². The number of halogens is 2. The summed E-state index contributed by atoms with van der Waals surface area (Å²) in [5, 5.41) is 11.3. The zero-order chi connectivity index (χ0) is 21.6. The molecule has 154 valence electrons. The van der Waals surface area contributed by atoms with Gasteiger partial charge in [-0.15, -0.1) is 0 Å². The van der Waals surface area contributed by atoms with E-state index in [0.717, 1.165) is 22.3 Å². The molecule has 0 amide bonds. The molecule has 1 atom stereocenters. The number of methoxy groups -OCH3 is 1. The highest BCUT2D eigenvalue weighted by molar-refractivity contribution is 6.38. The molecule has 0 aliphatic carbocycles. The number of phenolic OH excluding ortho intramolecular Hbond substituents is 1. The third-order valence-corrected chi connectivity index (χ3v) is 6.25. The Labute approximate surface area is 181 Å². The normalized spacial score (nSPS) is 15.2. The smallest absolute Gasteiger partial charge is 0.339 e. The molecule has 3 rings (SSSR count). The van der Waals surface area contributed by atoms with Crippen LogP contribution in [0.5, 0.6) is 11.5 Å². The minimum Gasteiger partial charge on any atom is -0.506 e. The predicted molar refractivity (Wildman–Crippen MR) is 116 cm³/mol. The molecule has 0 saturated carbocycles. The van der Waals surface area contributed by atoms with Gasteiger partial charge in [-0.1, -0.05) is 40.9 Å². The average molecular weight is 435 g/mol. The van der Waals surface area contributed by atoms with Crippen LogP contribution in [0, 0.1) is 20.8 Å². The summed E-state index contributed by atoms with van der Waals surface area (Å²) < 4.78 is 11.3. The molecule has 2 aromatic carbocycles. The lowest BCUT2D eigenvalue weighted by Crippen LogP contribution is -2.08. The quantitative estimate of drug-likeness (QED) is 0.446. The number of allylic oxidation sites excluding steroid dienone is 2. The second-order valence-corrected chi connectivity index (χ2v) is 8.35. The Balaban J connectivity index is 2.37. The van der Waals surface area contributed by atoms with E-state index in [-0.39, 0.29) is 27.1 Å². The molecule has 0 saturated heterocycles. The third-order valence-electron chi connectivity index (χ3n) is 5.34. The topological polar surface area (TPSA) is 55.8 Å². The molecule has 0 spiro atoms. The van der Waals surface area contributed by atoms with Crippen LogP contribution in [0.3, 0.4) is 0 Å². The fourth-order valence-electron chi connectivity index (χ4n) is 3.86. The largest absolute Gasteiger partial charge is 0.506 e. The van der Waals surface area contributed by atoms with Gasteiger partial charge in [-0.2, -0.15) is 0 Å². The van der Waals surface area contributed by atoms with Gasteiger partial charge in [0.1, 0.15) is 11.5 Å². The number of aryl methyl sites for hydroxylation is 2. The average Bonchev–Trinajstić information content (AvgIpc) is 2.99. The molecule has 6 heteroatoms. The van der Waals surface area contributed by atoms with Crippen molar-refractivity contribution in [3.8, 4) is 11.5 Å². The van der Waals surface area contributed by atoms with Crippen LogP contribution in [0.15, 0.2) is 17.7 Å². The van der Waals surface area contributed by atoms with E-state index in [2.05, 4.69) is 6.08 Å². The molecule has 1 N–H and O–H groups in total. The van der Waals surface area contributed by atoms with Gasteiger partial charge in [-0.25, -0.2) is 4.79 Å². The monoisotopic (exact) mass is 434 g/mol. The molecular weight excluding hydrogens is 411 g/mol. The molecular formula is C23H24Cl2O4. The summed E-state index contributed by atoms with van der Waals surface area (Å²) in [6.45, 7) is 9.63. The minimum absolute atomic E-state index is 0.116. The maximum atomic E-state index is 12.8. The van der Waals surface area contributed by atoms with Gasteiger partial charge < -0.3 is 14.6 Å². The summed E-state index contributed by atoms with van der Waals surface area (Å²) in [5.41, 5.74) is 6.05. The van der Waals surface area contributed by atoms with E-state index in [9.17, 15) is 9.90 Å². The highest BCUT2D eigenvalue weighted by atomic mass is 35.5. The highest BCUT2D eigenvalue weighted by Crippen LogP contribution is 2.52. The number of rotatable bonds is 4. The second kappa shape index (κ2) is 7.92. The third kappa shape index (κ3) is 3.49. The van der Waals surface area contributed by atoms with E-state index >= 15 is 0 Å². The number of phenols is 1. The van der Waals surface area contributed by atoms with Crippen LogP contribution < -0.4 is 4.74 Å².